The summed E-state index contributed by atoms with van der Waals surface area (Å²) in [5.41, 5.74) is -0.833. The standard InChI is InChI=1S/C26H48O4Si2/c1-12-24(4)16-20(29-31(6,7)8)25(5)17(2)13-14-26(15-19(27)21(28)22(25)26)18(3)23(24)30-32(9,10)11/h12,17-20,22-23,27H,1,13-16H2,2-11H3/t17-,18+,19+,20-,22+,23+,24-,25+,26+/m1/s1. The average Bonchev–Trinajstić information content (AvgIpc) is 2.91. The highest BCUT2D eigenvalue weighted by atomic mass is 28.4. The van der Waals surface area contributed by atoms with Gasteiger partial charge in [-0.05, 0) is 82.2 Å². The predicted octanol–water partition coefficient (Wildman–Crippen LogP) is 6.03. The van der Waals surface area contributed by atoms with Crippen LogP contribution in [0.1, 0.15) is 53.4 Å². The predicted molar refractivity (Wildman–Crippen MR) is 137 cm³/mol. The fourth-order valence-corrected chi connectivity index (χ4v) is 9.93. The van der Waals surface area contributed by atoms with E-state index in [1.165, 1.54) is 0 Å². The summed E-state index contributed by atoms with van der Waals surface area (Å²) in [5.74, 6) is 0.367. The Hall–Kier alpha value is -0.276. The highest BCUT2D eigenvalue weighted by Crippen LogP contribution is 2.68. The van der Waals surface area contributed by atoms with Crippen molar-refractivity contribution in [1.29, 1.82) is 0 Å². The lowest BCUT2D eigenvalue weighted by molar-refractivity contribution is -0.185. The first-order chi connectivity index (χ1) is 14.4. The number of carbonyl (C=O) groups is 1. The lowest BCUT2D eigenvalue weighted by Crippen LogP contribution is -2.64. The minimum atomic E-state index is -1.90. The lowest BCUT2D eigenvalue weighted by Gasteiger charge is -2.63. The Morgan fingerprint density at radius 3 is 2.09 bits per heavy atom. The van der Waals surface area contributed by atoms with Crippen molar-refractivity contribution >= 4 is 22.4 Å². The molecule has 1 N–H and O–H groups in total. The van der Waals surface area contributed by atoms with Gasteiger partial charge in [0.15, 0.2) is 22.4 Å². The summed E-state index contributed by atoms with van der Waals surface area (Å²) >= 11 is 0. The van der Waals surface area contributed by atoms with Crippen LogP contribution in [0.4, 0.5) is 0 Å². The number of aliphatic hydroxyl groups excluding tert-OH is 1. The second kappa shape index (κ2) is 8.15. The van der Waals surface area contributed by atoms with E-state index in [0.29, 0.717) is 12.3 Å². The SMILES string of the molecule is C=C[C@]1(C)C[C@@H](O[Si](C)(C)C)[C@]2(C)[C@H](C)CC[C@]3(C[C@H](O)C(=O)[C@H]32)[C@@H](C)[C@@H]1O[Si](C)(C)C. The highest BCUT2D eigenvalue weighted by molar-refractivity contribution is 6.70. The summed E-state index contributed by atoms with van der Waals surface area (Å²) in [6.07, 6.45) is 4.51. The van der Waals surface area contributed by atoms with Crippen molar-refractivity contribution in [2.45, 2.75) is 111 Å². The fourth-order valence-electron chi connectivity index (χ4n) is 7.51. The number of hydrogen-bond acceptors (Lipinski definition) is 4. The smallest absolute Gasteiger partial charge is 0.184 e. The number of carbonyl (C=O) groups excluding carboxylic acids is 1. The molecule has 3 aliphatic rings. The van der Waals surface area contributed by atoms with Gasteiger partial charge in [0, 0.05) is 16.7 Å². The molecule has 3 rings (SSSR count). The molecule has 0 saturated heterocycles. The second-order valence-corrected chi connectivity index (χ2v) is 22.6. The van der Waals surface area contributed by atoms with Gasteiger partial charge < -0.3 is 14.0 Å². The number of Topliss-reactive ketones (excluding diaryl/α,β-unsaturated/α-hetero) is 1. The van der Waals surface area contributed by atoms with Crippen LogP contribution in [0.3, 0.4) is 0 Å². The van der Waals surface area contributed by atoms with E-state index in [0.717, 1.165) is 19.3 Å². The molecule has 0 aliphatic heterocycles. The number of hydrogen-bond donors (Lipinski definition) is 1. The third-order valence-corrected chi connectivity index (χ3v) is 11.2. The molecule has 6 heteroatoms. The summed E-state index contributed by atoms with van der Waals surface area (Å²) in [6, 6.07) is 0. The molecule has 32 heavy (non-hydrogen) atoms. The van der Waals surface area contributed by atoms with Gasteiger partial charge in [0.1, 0.15) is 6.10 Å². The van der Waals surface area contributed by atoms with Gasteiger partial charge in [-0.2, -0.15) is 0 Å². The van der Waals surface area contributed by atoms with Crippen molar-refractivity contribution in [1.82, 2.24) is 0 Å². The van der Waals surface area contributed by atoms with Crippen molar-refractivity contribution in [2.75, 3.05) is 0 Å². The maximum absolute atomic E-state index is 13.7. The number of rotatable bonds is 5. The minimum Gasteiger partial charge on any atom is -0.414 e. The van der Waals surface area contributed by atoms with Gasteiger partial charge in [0.25, 0.3) is 0 Å². The van der Waals surface area contributed by atoms with Gasteiger partial charge in [-0.1, -0.05) is 33.8 Å². The van der Waals surface area contributed by atoms with Crippen LogP contribution in [0.2, 0.25) is 39.3 Å². The molecular weight excluding hydrogens is 432 g/mol. The Labute approximate surface area is 198 Å². The average molecular weight is 481 g/mol. The number of aliphatic hydroxyl groups is 1. The Morgan fingerprint density at radius 2 is 1.59 bits per heavy atom. The molecule has 3 aliphatic carbocycles. The van der Waals surface area contributed by atoms with Crippen LogP contribution in [0, 0.1) is 34.0 Å². The van der Waals surface area contributed by atoms with Crippen LogP contribution >= 0.6 is 0 Å². The van der Waals surface area contributed by atoms with Gasteiger partial charge in [-0.15, -0.1) is 6.58 Å². The molecule has 2 bridgehead atoms. The van der Waals surface area contributed by atoms with E-state index >= 15 is 0 Å². The molecule has 0 unspecified atom stereocenters. The lowest BCUT2D eigenvalue weighted by atomic mass is 9.44. The first kappa shape index (κ1) is 26.3. The molecule has 3 saturated carbocycles. The van der Waals surface area contributed by atoms with E-state index in [9.17, 15) is 9.90 Å². The van der Waals surface area contributed by atoms with Crippen LogP contribution in [0.25, 0.3) is 0 Å². The quantitative estimate of drug-likeness (QED) is 0.385. The van der Waals surface area contributed by atoms with Crippen molar-refractivity contribution < 1.29 is 18.8 Å². The van der Waals surface area contributed by atoms with Gasteiger partial charge in [0.2, 0.25) is 0 Å². The van der Waals surface area contributed by atoms with E-state index in [2.05, 4.69) is 79.6 Å². The molecule has 184 valence electrons. The van der Waals surface area contributed by atoms with Crippen LogP contribution in [0.5, 0.6) is 0 Å². The normalized spacial score (nSPS) is 47.5. The molecule has 4 nitrogen and oxygen atoms in total. The van der Waals surface area contributed by atoms with Crippen molar-refractivity contribution in [3.05, 3.63) is 12.7 Å². The molecular formula is C26H48O4Si2. The van der Waals surface area contributed by atoms with Gasteiger partial charge in [-0.25, -0.2) is 0 Å². The Bertz CT molecular complexity index is 756. The molecule has 0 radical (unpaired) electrons. The summed E-state index contributed by atoms with van der Waals surface area (Å²) in [5, 5.41) is 11.0. The zero-order valence-corrected chi connectivity index (χ0v) is 24.2. The Morgan fingerprint density at radius 1 is 1.03 bits per heavy atom. The van der Waals surface area contributed by atoms with Crippen LogP contribution in [0.15, 0.2) is 12.7 Å². The van der Waals surface area contributed by atoms with E-state index in [-0.39, 0.29) is 46.1 Å². The van der Waals surface area contributed by atoms with Crippen LogP contribution < -0.4 is 0 Å². The molecule has 3 fully saturated rings. The van der Waals surface area contributed by atoms with E-state index < -0.39 is 22.7 Å². The van der Waals surface area contributed by atoms with Crippen LogP contribution in [-0.2, 0) is 13.6 Å². The topological polar surface area (TPSA) is 55.8 Å². The summed E-state index contributed by atoms with van der Waals surface area (Å²) in [7, 11) is -3.78. The zero-order chi connectivity index (χ0) is 24.5. The third kappa shape index (κ3) is 4.17. The second-order valence-electron chi connectivity index (χ2n) is 13.7. The largest absolute Gasteiger partial charge is 0.414 e. The zero-order valence-electron chi connectivity index (χ0n) is 22.2. The maximum Gasteiger partial charge on any atom is 0.184 e. The summed E-state index contributed by atoms with van der Waals surface area (Å²) < 4.78 is 14.0. The fraction of sp³-hybridized carbons (Fsp3) is 0.885. The molecule has 0 heterocycles. The first-order valence-corrected chi connectivity index (χ1v) is 19.4. The van der Waals surface area contributed by atoms with E-state index in [1.54, 1.807) is 0 Å². The van der Waals surface area contributed by atoms with E-state index in [1.807, 2.05) is 0 Å². The summed E-state index contributed by atoms with van der Waals surface area (Å²) in [4.78, 5) is 13.7. The maximum atomic E-state index is 13.7. The molecule has 0 aromatic carbocycles. The molecule has 0 aromatic rings. The molecule has 9 atom stereocenters. The van der Waals surface area contributed by atoms with Crippen molar-refractivity contribution in [2.24, 2.45) is 34.0 Å². The van der Waals surface area contributed by atoms with Gasteiger partial charge >= 0.3 is 0 Å². The molecule has 0 spiro atoms. The first-order valence-electron chi connectivity index (χ1n) is 12.6. The highest BCUT2D eigenvalue weighted by Gasteiger charge is 2.70. The van der Waals surface area contributed by atoms with Crippen LogP contribution in [-0.4, -0.2) is 45.8 Å². The monoisotopic (exact) mass is 480 g/mol. The Kier molecular flexibility index (Phi) is 6.70. The van der Waals surface area contributed by atoms with Gasteiger partial charge in [0.05, 0.1) is 12.2 Å². The number of ketones is 1. The Balaban J connectivity index is 2.29. The molecule has 0 amide bonds. The van der Waals surface area contributed by atoms with Crippen molar-refractivity contribution in [3.63, 3.8) is 0 Å². The van der Waals surface area contributed by atoms with Gasteiger partial charge in [-0.3, -0.25) is 4.79 Å². The van der Waals surface area contributed by atoms with E-state index in [4.69, 9.17) is 8.85 Å². The molecule has 0 aromatic heterocycles. The minimum absolute atomic E-state index is 0.0436. The summed E-state index contributed by atoms with van der Waals surface area (Å²) in [6.45, 7) is 26.9. The third-order valence-electron chi connectivity index (χ3n) is 9.26. The van der Waals surface area contributed by atoms with Crippen molar-refractivity contribution in [3.8, 4) is 0 Å².